The van der Waals surface area contributed by atoms with Crippen LogP contribution in [0.4, 0.5) is 0 Å². The van der Waals surface area contributed by atoms with E-state index >= 15 is 0 Å². The SMILES string of the molecule is CC1(C)C2CC=C(/C=N/OC(=O)c3ccc(Cl)cc3Cl)C1C2. The Morgan fingerprint density at radius 1 is 1.41 bits per heavy atom. The molecule has 0 saturated heterocycles. The molecule has 5 heteroatoms. The number of hydrogen-bond acceptors (Lipinski definition) is 3. The molecule has 0 N–H and O–H groups in total. The smallest absolute Gasteiger partial charge is 0.313 e. The lowest BCUT2D eigenvalue weighted by Gasteiger charge is -2.55. The van der Waals surface area contributed by atoms with Gasteiger partial charge in [-0.3, -0.25) is 0 Å². The molecule has 1 aromatic carbocycles. The van der Waals surface area contributed by atoms with Crippen LogP contribution in [0.15, 0.2) is 35.0 Å². The first-order chi connectivity index (χ1) is 10.4. The highest BCUT2D eigenvalue weighted by atomic mass is 35.5. The number of carbonyl (C=O) groups is 1. The molecule has 0 aromatic heterocycles. The van der Waals surface area contributed by atoms with Crippen LogP contribution in [0.3, 0.4) is 0 Å². The fourth-order valence-corrected chi connectivity index (χ4v) is 3.87. The lowest BCUT2D eigenvalue weighted by Crippen LogP contribution is -2.48. The zero-order valence-corrected chi connectivity index (χ0v) is 14.0. The Labute approximate surface area is 139 Å². The quantitative estimate of drug-likeness (QED) is 0.435. The summed E-state index contributed by atoms with van der Waals surface area (Å²) in [5, 5.41) is 4.57. The van der Waals surface area contributed by atoms with Crippen molar-refractivity contribution in [3.63, 3.8) is 0 Å². The number of oxime groups is 1. The summed E-state index contributed by atoms with van der Waals surface area (Å²) in [7, 11) is 0. The van der Waals surface area contributed by atoms with Gasteiger partial charge >= 0.3 is 5.97 Å². The van der Waals surface area contributed by atoms with Crippen LogP contribution in [0.2, 0.25) is 10.0 Å². The number of halogens is 2. The molecule has 4 rings (SSSR count). The van der Waals surface area contributed by atoms with E-state index in [1.54, 1.807) is 12.3 Å². The van der Waals surface area contributed by atoms with Gasteiger partial charge in [0, 0.05) is 5.02 Å². The van der Waals surface area contributed by atoms with E-state index in [2.05, 4.69) is 25.1 Å². The van der Waals surface area contributed by atoms with Crippen LogP contribution in [-0.4, -0.2) is 12.2 Å². The Morgan fingerprint density at radius 2 is 2.18 bits per heavy atom. The minimum absolute atomic E-state index is 0.255. The van der Waals surface area contributed by atoms with Gasteiger partial charge in [0.05, 0.1) is 16.8 Å². The zero-order valence-electron chi connectivity index (χ0n) is 12.5. The van der Waals surface area contributed by atoms with Gasteiger partial charge in [-0.05, 0) is 53.9 Å². The van der Waals surface area contributed by atoms with Crippen LogP contribution in [0.5, 0.6) is 0 Å². The standard InChI is InChI=1S/C17H17Cl2NO2/c1-17(2)11-4-3-10(14(17)7-11)9-20-22-16(21)13-6-5-12(18)8-15(13)19/h3,5-6,8-9,11,14H,4,7H2,1-2H3/b20-9+. The number of rotatable bonds is 3. The summed E-state index contributed by atoms with van der Waals surface area (Å²) in [4.78, 5) is 16.9. The molecular formula is C17H17Cl2NO2. The number of hydrogen-bond donors (Lipinski definition) is 0. The fraction of sp³-hybridized carbons (Fsp3) is 0.412. The van der Waals surface area contributed by atoms with Gasteiger partial charge in [-0.2, -0.15) is 0 Å². The molecule has 0 amide bonds. The summed E-state index contributed by atoms with van der Waals surface area (Å²) in [6, 6.07) is 4.63. The molecule has 1 aromatic rings. The van der Waals surface area contributed by atoms with Gasteiger partial charge in [-0.25, -0.2) is 4.79 Å². The molecule has 0 spiro atoms. The van der Waals surface area contributed by atoms with Crippen molar-refractivity contribution in [3.8, 4) is 0 Å². The highest BCUT2D eigenvalue weighted by molar-refractivity contribution is 6.36. The van der Waals surface area contributed by atoms with Crippen molar-refractivity contribution in [1.29, 1.82) is 0 Å². The Hall–Kier alpha value is -1.32. The molecule has 3 aliphatic carbocycles. The predicted molar refractivity (Wildman–Crippen MR) is 88.4 cm³/mol. The molecular weight excluding hydrogens is 321 g/mol. The number of allylic oxidation sites excluding steroid dienone is 2. The molecule has 0 heterocycles. The van der Waals surface area contributed by atoms with Crippen molar-refractivity contribution < 1.29 is 9.63 Å². The lowest BCUT2D eigenvalue weighted by atomic mass is 9.49. The highest BCUT2D eigenvalue weighted by Gasteiger charge is 2.50. The van der Waals surface area contributed by atoms with Crippen LogP contribution in [-0.2, 0) is 4.84 Å². The monoisotopic (exact) mass is 337 g/mol. The molecule has 1 saturated carbocycles. The third-order valence-corrected chi connectivity index (χ3v) is 5.55. The first kappa shape index (κ1) is 15.6. The van der Waals surface area contributed by atoms with Gasteiger partial charge in [0.1, 0.15) is 0 Å². The van der Waals surface area contributed by atoms with Crippen LogP contribution in [0, 0.1) is 17.3 Å². The molecule has 1 fully saturated rings. The molecule has 3 aliphatic rings. The van der Waals surface area contributed by atoms with E-state index in [9.17, 15) is 4.79 Å². The summed E-state index contributed by atoms with van der Waals surface area (Å²) in [6.45, 7) is 4.57. The Kier molecular flexibility index (Phi) is 4.04. The zero-order chi connectivity index (χ0) is 15.9. The molecule has 0 aliphatic heterocycles. The average Bonchev–Trinajstić information content (AvgIpc) is 2.47. The van der Waals surface area contributed by atoms with E-state index in [4.69, 9.17) is 28.0 Å². The molecule has 2 atom stereocenters. The molecule has 116 valence electrons. The summed E-state index contributed by atoms with van der Waals surface area (Å²) in [5.41, 5.74) is 1.73. The second kappa shape index (κ2) is 5.71. The average molecular weight is 338 g/mol. The maximum atomic E-state index is 12.0. The maximum Gasteiger partial charge on any atom is 0.367 e. The van der Waals surface area contributed by atoms with Crippen LogP contribution >= 0.6 is 23.2 Å². The fourth-order valence-electron chi connectivity index (χ4n) is 3.38. The molecule has 2 unspecified atom stereocenters. The molecule has 2 bridgehead atoms. The molecule has 0 radical (unpaired) electrons. The van der Waals surface area contributed by atoms with E-state index in [1.807, 2.05) is 0 Å². The van der Waals surface area contributed by atoms with Crippen molar-refractivity contribution in [3.05, 3.63) is 45.5 Å². The first-order valence-corrected chi connectivity index (χ1v) is 8.05. The number of nitrogens with zero attached hydrogens (tertiary/aromatic N) is 1. The Morgan fingerprint density at radius 3 is 2.82 bits per heavy atom. The van der Waals surface area contributed by atoms with E-state index in [0.29, 0.717) is 16.4 Å². The number of benzene rings is 1. The van der Waals surface area contributed by atoms with Crippen molar-refractivity contribution in [2.24, 2.45) is 22.4 Å². The van der Waals surface area contributed by atoms with Gasteiger partial charge in [0.15, 0.2) is 0 Å². The highest BCUT2D eigenvalue weighted by Crippen LogP contribution is 2.58. The van der Waals surface area contributed by atoms with Crippen molar-refractivity contribution in [2.45, 2.75) is 26.7 Å². The summed E-state index contributed by atoms with van der Waals surface area (Å²) < 4.78 is 0. The summed E-state index contributed by atoms with van der Waals surface area (Å²) in [5.74, 6) is 0.693. The van der Waals surface area contributed by atoms with Crippen LogP contribution in [0.1, 0.15) is 37.0 Å². The van der Waals surface area contributed by atoms with E-state index in [1.165, 1.54) is 18.6 Å². The Bertz CT molecular complexity index is 679. The largest absolute Gasteiger partial charge is 0.367 e. The Balaban J connectivity index is 1.65. The maximum absolute atomic E-state index is 12.0. The van der Waals surface area contributed by atoms with Crippen molar-refractivity contribution >= 4 is 35.4 Å². The third-order valence-electron chi connectivity index (χ3n) is 5.00. The van der Waals surface area contributed by atoms with E-state index in [-0.39, 0.29) is 10.6 Å². The van der Waals surface area contributed by atoms with Crippen LogP contribution in [0.25, 0.3) is 0 Å². The molecule has 3 nitrogen and oxygen atoms in total. The second-order valence-corrected chi connectivity index (χ2v) is 7.33. The van der Waals surface area contributed by atoms with E-state index in [0.717, 1.165) is 17.9 Å². The second-order valence-electron chi connectivity index (χ2n) is 6.48. The van der Waals surface area contributed by atoms with Crippen molar-refractivity contribution in [1.82, 2.24) is 0 Å². The minimum Gasteiger partial charge on any atom is -0.313 e. The van der Waals surface area contributed by atoms with Gasteiger partial charge in [0.2, 0.25) is 0 Å². The summed E-state index contributed by atoms with van der Waals surface area (Å²) >= 11 is 11.8. The topological polar surface area (TPSA) is 38.7 Å². The van der Waals surface area contributed by atoms with Crippen molar-refractivity contribution in [2.75, 3.05) is 0 Å². The third kappa shape index (κ3) is 2.68. The number of fused-ring (bicyclic) bond motifs is 1. The van der Waals surface area contributed by atoms with E-state index < -0.39 is 5.97 Å². The first-order valence-electron chi connectivity index (χ1n) is 7.29. The number of carbonyl (C=O) groups excluding carboxylic acids is 1. The van der Waals surface area contributed by atoms with Gasteiger partial charge in [0.25, 0.3) is 0 Å². The van der Waals surface area contributed by atoms with Gasteiger partial charge in [-0.1, -0.05) is 48.3 Å². The van der Waals surface area contributed by atoms with Gasteiger partial charge < -0.3 is 4.84 Å². The molecule has 22 heavy (non-hydrogen) atoms. The minimum atomic E-state index is -0.583. The summed E-state index contributed by atoms with van der Waals surface area (Å²) in [6.07, 6.45) is 6.11. The van der Waals surface area contributed by atoms with Crippen LogP contribution < -0.4 is 0 Å². The normalized spacial score (nSPS) is 25.5. The lowest BCUT2D eigenvalue weighted by molar-refractivity contribution is -0.00152. The predicted octanol–water partition coefficient (Wildman–Crippen LogP) is 5.13. The van der Waals surface area contributed by atoms with Gasteiger partial charge in [-0.15, -0.1) is 0 Å².